The van der Waals surface area contributed by atoms with Crippen molar-refractivity contribution in [3.63, 3.8) is 0 Å². The Kier molecular flexibility index (Phi) is 9.35. The number of carbonyl (C=O) groups excluding carboxylic acids is 2. The molecule has 1 saturated heterocycles. The van der Waals surface area contributed by atoms with Gasteiger partial charge in [0.05, 0.1) is 36.2 Å². The van der Waals surface area contributed by atoms with Crippen LogP contribution in [0.15, 0.2) is 65.7 Å². The van der Waals surface area contributed by atoms with E-state index in [9.17, 15) is 14.7 Å². The van der Waals surface area contributed by atoms with Gasteiger partial charge in [0.15, 0.2) is 11.7 Å². The molecule has 0 atom stereocenters. The molecule has 0 aliphatic carbocycles. The summed E-state index contributed by atoms with van der Waals surface area (Å²) in [4.78, 5) is 37.9. The second-order valence-corrected chi connectivity index (χ2v) is 11.0. The summed E-state index contributed by atoms with van der Waals surface area (Å²) in [5.74, 6) is -0.574. The fraction of sp³-hybridized carbons (Fsp3) is 0.324. The summed E-state index contributed by atoms with van der Waals surface area (Å²) >= 11 is 0. The summed E-state index contributed by atoms with van der Waals surface area (Å²) in [5.41, 5.74) is 5.64. The number of hydrogen-bond donors (Lipinski definition) is 2. The number of aromatic nitrogens is 1. The lowest BCUT2D eigenvalue weighted by Crippen LogP contribution is -2.45. The maximum atomic E-state index is 13.0. The summed E-state index contributed by atoms with van der Waals surface area (Å²) in [5, 5.41) is 11.8. The molecular formula is C34H38N4O5. The summed E-state index contributed by atoms with van der Waals surface area (Å²) in [6, 6.07) is 18.6. The molecule has 224 valence electrons. The van der Waals surface area contributed by atoms with Crippen LogP contribution in [0, 0.1) is 13.8 Å². The molecule has 0 unspecified atom stereocenters. The van der Waals surface area contributed by atoms with Crippen molar-refractivity contribution in [2.75, 3.05) is 60.1 Å². The number of methoxy groups -OCH3 is 1. The van der Waals surface area contributed by atoms with Gasteiger partial charge in [-0.1, -0.05) is 30.3 Å². The predicted molar refractivity (Wildman–Crippen MR) is 168 cm³/mol. The van der Waals surface area contributed by atoms with Crippen LogP contribution in [0.4, 0.5) is 5.69 Å². The van der Waals surface area contributed by atoms with Crippen molar-refractivity contribution in [1.82, 2.24) is 14.8 Å². The number of aromatic amines is 1. The molecule has 9 nitrogen and oxygen atoms in total. The SMILES string of the molecule is COC(=O)c1cc2[nH]c(O)c(C(=Nc3ccc(C(=O)COCCN4CCN(C)CC4)c(C)c3)c3ccccc3)c2cc1C. The quantitative estimate of drug-likeness (QED) is 0.119. The van der Waals surface area contributed by atoms with Crippen LogP contribution >= 0.6 is 0 Å². The molecule has 3 aromatic carbocycles. The molecule has 0 saturated carbocycles. The van der Waals surface area contributed by atoms with Crippen LogP contribution in [0.5, 0.6) is 5.88 Å². The van der Waals surface area contributed by atoms with Gasteiger partial charge in [0, 0.05) is 54.8 Å². The summed E-state index contributed by atoms with van der Waals surface area (Å²) in [7, 11) is 3.47. The lowest BCUT2D eigenvalue weighted by molar-refractivity contribution is 0.0599. The number of esters is 1. The summed E-state index contributed by atoms with van der Waals surface area (Å²) in [6.45, 7) is 9.22. The Hall–Kier alpha value is -4.31. The third-order valence-corrected chi connectivity index (χ3v) is 7.95. The monoisotopic (exact) mass is 582 g/mol. The number of aryl methyl sites for hydroxylation is 2. The molecule has 1 aliphatic heterocycles. The Bertz CT molecular complexity index is 1650. The maximum Gasteiger partial charge on any atom is 0.338 e. The zero-order valence-electron chi connectivity index (χ0n) is 25.1. The Morgan fingerprint density at radius 1 is 0.953 bits per heavy atom. The van der Waals surface area contributed by atoms with Crippen molar-refractivity contribution >= 4 is 34.1 Å². The lowest BCUT2D eigenvalue weighted by atomic mass is 9.98. The Balaban J connectivity index is 1.40. The van der Waals surface area contributed by atoms with Crippen LogP contribution < -0.4 is 0 Å². The highest BCUT2D eigenvalue weighted by Crippen LogP contribution is 2.33. The summed E-state index contributed by atoms with van der Waals surface area (Å²) < 4.78 is 10.7. The number of rotatable bonds is 10. The molecule has 2 heterocycles. The number of ketones is 1. The maximum absolute atomic E-state index is 13.0. The van der Waals surface area contributed by atoms with Crippen LogP contribution in [0.25, 0.3) is 10.9 Å². The number of benzene rings is 3. The van der Waals surface area contributed by atoms with Crippen LogP contribution in [0.2, 0.25) is 0 Å². The average Bonchev–Trinajstić information content (AvgIpc) is 3.32. The van der Waals surface area contributed by atoms with E-state index in [-0.39, 0.29) is 18.3 Å². The second-order valence-electron chi connectivity index (χ2n) is 11.0. The van der Waals surface area contributed by atoms with Crippen molar-refractivity contribution in [2.45, 2.75) is 13.8 Å². The van der Waals surface area contributed by atoms with E-state index in [1.54, 1.807) is 18.2 Å². The molecule has 5 rings (SSSR count). The Labute approximate surface area is 251 Å². The number of carbonyl (C=O) groups is 2. The zero-order valence-corrected chi connectivity index (χ0v) is 25.1. The lowest BCUT2D eigenvalue weighted by Gasteiger charge is -2.32. The molecule has 2 N–H and O–H groups in total. The molecule has 9 heteroatoms. The van der Waals surface area contributed by atoms with E-state index in [2.05, 4.69) is 21.8 Å². The molecular weight excluding hydrogens is 544 g/mol. The van der Waals surface area contributed by atoms with Crippen molar-refractivity contribution in [3.8, 4) is 5.88 Å². The Morgan fingerprint density at radius 3 is 2.37 bits per heavy atom. The van der Waals surface area contributed by atoms with Gasteiger partial charge in [-0.05, 0) is 62.4 Å². The number of fused-ring (bicyclic) bond motifs is 1. The minimum atomic E-state index is -0.447. The minimum Gasteiger partial charge on any atom is -0.494 e. The van der Waals surface area contributed by atoms with Gasteiger partial charge in [0.25, 0.3) is 0 Å². The van der Waals surface area contributed by atoms with Crippen LogP contribution in [-0.4, -0.2) is 97.4 Å². The number of aliphatic imine (C=N–C) groups is 1. The molecule has 0 spiro atoms. The fourth-order valence-electron chi connectivity index (χ4n) is 5.43. The van der Waals surface area contributed by atoms with E-state index >= 15 is 0 Å². The minimum absolute atomic E-state index is 0.0303. The molecule has 0 radical (unpaired) electrons. The number of likely N-dealkylation sites (N-methyl/N-ethyl adjacent to an activating group) is 1. The zero-order chi connectivity index (χ0) is 30.5. The smallest absolute Gasteiger partial charge is 0.338 e. The molecule has 0 bridgehead atoms. The van der Waals surface area contributed by atoms with E-state index in [0.717, 1.165) is 54.8 Å². The van der Waals surface area contributed by atoms with Gasteiger partial charge in [-0.3, -0.25) is 9.69 Å². The second kappa shape index (κ2) is 13.3. The van der Waals surface area contributed by atoms with Crippen molar-refractivity contribution in [3.05, 3.63) is 94.0 Å². The highest BCUT2D eigenvalue weighted by atomic mass is 16.5. The number of H-pyrrole nitrogens is 1. The topological polar surface area (TPSA) is 107 Å². The van der Waals surface area contributed by atoms with E-state index in [4.69, 9.17) is 14.5 Å². The third-order valence-electron chi connectivity index (χ3n) is 7.95. The molecule has 43 heavy (non-hydrogen) atoms. The van der Waals surface area contributed by atoms with Crippen LogP contribution in [0.1, 0.15) is 43.0 Å². The number of Topliss-reactive ketones (excluding diaryl/α,β-unsaturated/α-hetero) is 1. The van der Waals surface area contributed by atoms with Crippen molar-refractivity contribution < 1.29 is 24.2 Å². The largest absolute Gasteiger partial charge is 0.494 e. The van der Waals surface area contributed by atoms with Gasteiger partial charge in [0.2, 0.25) is 0 Å². The van der Waals surface area contributed by atoms with Gasteiger partial charge < -0.3 is 24.5 Å². The van der Waals surface area contributed by atoms with Gasteiger partial charge in [0.1, 0.15) is 6.61 Å². The number of piperazine rings is 1. The highest BCUT2D eigenvalue weighted by Gasteiger charge is 2.22. The molecule has 1 aromatic heterocycles. The first kappa shape index (κ1) is 30.2. The average molecular weight is 583 g/mol. The van der Waals surface area contributed by atoms with Gasteiger partial charge in [-0.2, -0.15) is 0 Å². The van der Waals surface area contributed by atoms with E-state index in [1.807, 2.05) is 56.3 Å². The standard InChI is InChI=1S/C34H38N4O5/c1-22-18-25(10-11-26(22)30(39)21-43-17-16-38-14-12-37(3)13-15-38)35-32(24-8-6-5-7-9-24)31-28-19-23(2)27(34(41)42-4)20-29(28)36-33(31)40/h5-11,18-20,36,40H,12-17,21H2,1-4H3. The van der Waals surface area contributed by atoms with E-state index in [1.165, 1.54) is 7.11 Å². The normalized spacial score (nSPS) is 14.7. The highest BCUT2D eigenvalue weighted by molar-refractivity contribution is 6.22. The number of ether oxygens (including phenoxy) is 2. The fourth-order valence-corrected chi connectivity index (χ4v) is 5.43. The summed E-state index contributed by atoms with van der Waals surface area (Å²) in [6.07, 6.45) is 0. The first-order valence-electron chi connectivity index (χ1n) is 14.5. The first-order valence-corrected chi connectivity index (χ1v) is 14.5. The van der Waals surface area contributed by atoms with Gasteiger partial charge in [-0.15, -0.1) is 0 Å². The van der Waals surface area contributed by atoms with Crippen molar-refractivity contribution in [2.24, 2.45) is 4.99 Å². The predicted octanol–water partition coefficient (Wildman–Crippen LogP) is 4.89. The number of hydrogen-bond acceptors (Lipinski definition) is 8. The van der Waals surface area contributed by atoms with Gasteiger partial charge in [-0.25, -0.2) is 9.79 Å². The molecule has 1 fully saturated rings. The van der Waals surface area contributed by atoms with Crippen molar-refractivity contribution in [1.29, 1.82) is 0 Å². The number of nitrogens with one attached hydrogen (secondary N) is 1. The molecule has 4 aromatic rings. The number of aromatic hydroxyl groups is 1. The molecule has 0 amide bonds. The van der Waals surface area contributed by atoms with Crippen LogP contribution in [-0.2, 0) is 9.47 Å². The third kappa shape index (κ3) is 6.85. The van der Waals surface area contributed by atoms with Crippen LogP contribution in [0.3, 0.4) is 0 Å². The molecule has 1 aliphatic rings. The number of nitrogens with zero attached hydrogens (tertiary/aromatic N) is 3. The van der Waals surface area contributed by atoms with E-state index in [0.29, 0.717) is 40.2 Å². The van der Waals surface area contributed by atoms with E-state index < -0.39 is 5.97 Å². The Morgan fingerprint density at radius 2 is 1.67 bits per heavy atom. The van der Waals surface area contributed by atoms with Gasteiger partial charge >= 0.3 is 5.97 Å². The first-order chi connectivity index (χ1) is 20.7.